The van der Waals surface area contributed by atoms with Crippen molar-refractivity contribution in [2.75, 3.05) is 12.8 Å². The van der Waals surface area contributed by atoms with Crippen LogP contribution in [0.3, 0.4) is 0 Å². The summed E-state index contributed by atoms with van der Waals surface area (Å²) in [7, 11) is 1.53. The molecule has 0 fully saturated rings. The number of anilines is 1. The van der Waals surface area contributed by atoms with Crippen molar-refractivity contribution in [3.05, 3.63) is 59.7 Å². The lowest BCUT2D eigenvalue weighted by Crippen LogP contribution is -2.11. The maximum atomic E-state index is 12.1. The van der Waals surface area contributed by atoms with Gasteiger partial charge >= 0.3 is 5.97 Å². The Hall–Kier alpha value is -2.75. The van der Waals surface area contributed by atoms with Crippen LogP contribution in [0, 0.1) is 0 Å². The third-order valence-corrected chi connectivity index (χ3v) is 2.93. The summed E-state index contributed by atoms with van der Waals surface area (Å²) in [6.45, 7) is 1.93. The van der Waals surface area contributed by atoms with Gasteiger partial charge in [-0.2, -0.15) is 0 Å². The van der Waals surface area contributed by atoms with Crippen LogP contribution < -0.4 is 15.2 Å². The van der Waals surface area contributed by atoms with Crippen LogP contribution >= 0.6 is 0 Å². The van der Waals surface area contributed by atoms with E-state index in [0.29, 0.717) is 22.7 Å². The van der Waals surface area contributed by atoms with Crippen LogP contribution in [0.15, 0.2) is 48.5 Å². The lowest BCUT2D eigenvalue weighted by atomic mass is 10.1. The molecule has 0 aliphatic carbocycles. The molecule has 2 N–H and O–H groups in total. The molecular formula is C17H17NO3. The Morgan fingerprint density at radius 3 is 2.57 bits per heavy atom. The lowest BCUT2D eigenvalue weighted by Gasteiger charge is -2.11. The van der Waals surface area contributed by atoms with E-state index in [1.54, 1.807) is 36.4 Å². The van der Waals surface area contributed by atoms with E-state index in [9.17, 15) is 4.79 Å². The van der Waals surface area contributed by atoms with Gasteiger partial charge in [-0.05, 0) is 36.8 Å². The number of esters is 1. The molecule has 2 aromatic carbocycles. The summed E-state index contributed by atoms with van der Waals surface area (Å²) >= 11 is 0. The molecule has 0 heterocycles. The second-order valence-electron chi connectivity index (χ2n) is 4.39. The van der Waals surface area contributed by atoms with E-state index in [0.717, 1.165) is 5.56 Å². The van der Waals surface area contributed by atoms with Crippen LogP contribution in [0.1, 0.15) is 22.8 Å². The molecule has 0 bridgehead atoms. The van der Waals surface area contributed by atoms with Gasteiger partial charge in [0.2, 0.25) is 0 Å². The van der Waals surface area contributed by atoms with Gasteiger partial charge in [-0.3, -0.25) is 0 Å². The number of carbonyl (C=O) groups excluding carboxylic acids is 1. The predicted molar refractivity (Wildman–Crippen MR) is 83.5 cm³/mol. The highest BCUT2D eigenvalue weighted by molar-refractivity contribution is 5.96. The summed E-state index contributed by atoms with van der Waals surface area (Å²) in [6.07, 6.45) is 3.86. The topological polar surface area (TPSA) is 61.5 Å². The number of nitrogen functional groups attached to an aromatic ring is 1. The van der Waals surface area contributed by atoms with E-state index in [2.05, 4.69) is 0 Å². The van der Waals surface area contributed by atoms with E-state index >= 15 is 0 Å². The molecule has 4 nitrogen and oxygen atoms in total. The first kappa shape index (κ1) is 14.7. The van der Waals surface area contributed by atoms with E-state index in [4.69, 9.17) is 15.2 Å². The second kappa shape index (κ2) is 6.61. The minimum atomic E-state index is -0.509. The molecule has 21 heavy (non-hydrogen) atoms. The summed E-state index contributed by atoms with van der Waals surface area (Å²) in [5, 5.41) is 0. The Labute approximate surface area is 123 Å². The van der Waals surface area contributed by atoms with Crippen molar-refractivity contribution >= 4 is 17.7 Å². The minimum Gasteiger partial charge on any atom is -0.493 e. The lowest BCUT2D eigenvalue weighted by molar-refractivity contribution is 0.0731. The first-order chi connectivity index (χ1) is 10.2. The summed E-state index contributed by atoms with van der Waals surface area (Å²) in [5.74, 6) is 0.345. The molecule has 2 aromatic rings. The highest BCUT2D eigenvalue weighted by atomic mass is 16.6. The molecule has 4 heteroatoms. The highest BCUT2D eigenvalue weighted by Crippen LogP contribution is 2.29. The van der Waals surface area contributed by atoms with Crippen molar-refractivity contribution in [1.82, 2.24) is 0 Å². The molecule has 0 unspecified atom stereocenters. The number of methoxy groups -OCH3 is 1. The van der Waals surface area contributed by atoms with Crippen LogP contribution in [-0.4, -0.2) is 13.1 Å². The summed E-state index contributed by atoms with van der Waals surface area (Å²) in [5.41, 5.74) is 7.45. The third kappa shape index (κ3) is 3.42. The Morgan fingerprint density at radius 2 is 1.90 bits per heavy atom. The molecule has 0 radical (unpaired) electrons. The van der Waals surface area contributed by atoms with Gasteiger partial charge in [-0.25, -0.2) is 4.79 Å². The fraction of sp³-hybridized carbons (Fsp3) is 0.118. The number of allylic oxidation sites excluding steroid dienone is 1. The third-order valence-electron chi connectivity index (χ3n) is 2.93. The van der Waals surface area contributed by atoms with Crippen molar-refractivity contribution in [3.63, 3.8) is 0 Å². The van der Waals surface area contributed by atoms with Crippen LogP contribution in [0.2, 0.25) is 0 Å². The molecular weight excluding hydrogens is 266 g/mol. The number of hydrogen-bond donors (Lipinski definition) is 1. The zero-order valence-electron chi connectivity index (χ0n) is 12.0. The first-order valence-corrected chi connectivity index (χ1v) is 6.53. The SMILES string of the molecule is CC=Cc1ccc(OC(=O)c2ccccc2N)c(OC)c1. The van der Waals surface area contributed by atoms with Gasteiger partial charge in [0.15, 0.2) is 11.5 Å². The van der Waals surface area contributed by atoms with Crippen LogP contribution in [0.5, 0.6) is 11.5 Å². The van der Waals surface area contributed by atoms with Crippen molar-refractivity contribution in [1.29, 1.82) is 0 Å². The molecule has 0 aromatic heterocycles. The molecule has 0 aliphatic heterocycles. The summed E-state index contributed by atoms with van der Waals surface area (Å²) < 4.78 is 10.6. The smallest absolute Gasteiger partial charge is 0.345 e. The van der Waals surface area contributed by atoms with E-state index in [-0.39, 0.29) is 0 Å². The Balaban J connectivity index is 2.27. The normalized spacial score (nSPS) is 10.6. The Bertz CT molecular complexity index is 677. The Morgan fingerprint density at radius 1 is 1.14 bits per heavy atom. The first-order valence-electron chi connectivity index (χ1n) is 6.53. The molecule has 0 spiro atoms. The number of carbonyl (C=O) groups is 1. The average molecular weight is 283 g/mol. The minimum absolute atomic E-state index is 0.331. The number of rotatable bonds is 4. The van der Waals surface area contributed by atoms with Crippen molar-refractivity contribution < 1.29 is 14.3 Å². The molecule has 0 aliphatic rings. The maximum absolute atomic E-state index is 12.1. The number of benzene rings is 2. The largest absolute Gasteiger partial charge is 0.493 e. The monoisotopic (exact) mass is 283 g/mol. The fourth-order valence-electron chi connectivity index (χ4n) is 1.90. The van der Waals surface area contributed by atoms with Crippen LogP contribution in [0.25, 0.3) is 6.08 Å². The average Bonchev–Trinajstić information content (AvgIpc) is 2.49. The quantitative estimate of drug-likeness (QED) is 0.529. The molecule has 0 saturated heterocycles. The fourth-order valence-corrected chi connectivity index (χ4v) is 1.90. The van der Waals surface area contributed by atoms with Gasteiger partial charge in [-0.1, -0.05) is 30.4 Å². The van der Waals surface area contributed by atoms with E-state index < -0.39 is 5.97 Å². The van der Waals surface area contributed by atoms with Crippen LogP contribution in [-0.2, 0) is 0 Å². The van der Waals surface area contributed by atoms with Crippen molar-refractivity contribution in [2.45, 2.75) is 6.92 Å². The van der Waals surface area contributed by atoms with Gasteiger partial charge in [0.25, 0.3) is 0 Å². The zero-order valence-corrected chi connectivity index (χ0v) is 12.0. The summed E-state index contributed by atoms with van der Waals surface area (Å²) in [4.78, 5) is 12.1. The number of ether oxygens (including phenoxy) is 2. The zero-order chi connectivity index (χ0) is 15.2. The van der Waals surface area contributed by atoms with E-state index in [1.807, 2.05) is 25.1 Å². The van der Waals surface area contributed by atoms with Gasteiger partial charge in [-0.15, -0.1) is 0 Å². The predicted octanol–water partition coefficient (Wildman–Crippen LogP) is 3.53. The molecule has 0 amide bonds. The molecule has 0 atom stereocenters. The number of hydrogen-bond acceptors (Lipinski definition) is 4. The standard InChI is InChI=1S/C17H17NO3/c1-3-6-12-9-10-15(16(11-12)20-2)21-17(19)13-7-4-5-8-14(13)18/h3-11H,18H2,1-2H3. The van der Waals surface area contributed by atoms with Gasteiger partial charge < -0.3 is 15.2 Å². The van der Waals surface area contributed by atoms with E-state index in [1.165, 1.54) is 7.11 Å². The number of para-hydroxylation sites is 1. The number of nitrogens with two attached hydrogens (primary N) is 1. The summed E-state index contributed by atoms with van der Waals surface area (Å²) in [6, 6.07) is 12.1. The maximum Gasteiger partial charge on any atom is 0.345 e. The van der Waals surface area contributed by atoms with Gasteiger partial charge in [0.05, 0.1) is 12.7 Å². The van der Waals surface area contributed by atoms with Crippen LogP contribution in [0.4, 0.5) is 5.69 Å². The molecule has 0 saturated carbocycles. The molecule has 108 valence electrons. The highest BCUT2D eigenvalue weighted by Gasteiger charge is 2.14. The molecule has 2 rings (SSSR count). The van der Waals surface area contributed by atoms with Crippen molar-refractivity contribution in [3.8, 4) is 11.5 Å². The second-order valence-corrected chi connectivity index (χ2v) is 4.39. The van der Waals surface area contributed by atoms with Gasteiger partial charge in [0, 0.05) is 5.69 Å². The Kier molecular flexibility index (Phi) is 4.61. The van der Waals surface area contributed by atoms with Crippen molar-refractivity contribution in [2.24, 2.45) is 0 Å². The van der Waals surface area contributed by atoms with Gasteiger partial charge in [0.1, 0.15) is 0 Å².